The van der Waals surface area contributed by atoms with Crippen molar-refractivity contribution in [3.05, 3.63) is 11.9 Å². The molecule has 1 fully saturated rings. The summed E-state index contributed by atoms with van der Waals surface area (Å²) in [4.78, 5) is 11.6. The molecule has 0 saturated carbocycles. The maximum atomic E-state index is 11.6. The van der Waals surface area contributed by atoms with Crippen molar-refractivity contribution in [2.75, 3.05) is 13.2 Å². The van der Waals surface area contributed by atoms with E-state index in [1.54, 1.807) is 6.20 Å². The van der Waals surface area contributed by atoms with Gasteiger partial charge in [-0.15, -0.1) is 5.10 Å². The molecule has 7 heteroatoms. The average molecular weight is 253 g/mol. The second-order valence-corrected chi connectivity index (χ2v) is 4.39. The molecule has 0 radical (unpaired) electrons. The lowest BCUT2D eigenvalue weighted by Crippen LogP contribution is -2.30. The Labute approximate surface area is 106 Å². The third kappa shape index (κ3) is 3.78. The Morgan fingerprint density at radius 3 is 3.22 bits per heavy atom. The number of nitrogens with zero attached hydrogens (tertiary/aromatic N) is 3. The van der Waals surface area contributed by atoms with Crippen molar-refractivity contribution >= 4 is 5.91 Å². The van der Waals surface area contributed by atoms with Gasteiger partial charge in [0.1, 0.15) is 6.54 Å². The van der Waals surface area contributed by atoms with Gasteiger partial charge in [-0.2, -0.15) is 0 Å². The minimum Gasteiger partial charge on any atom is -0.378 e. The zero-order valence-electron chi connectivity index (χ0n) is 10.3. The van der Waals surface area contributed by atoms with Gasteiger partial charge in [0.05, 0.1) is 18.0 Å². The van der Waals surface area contributed by atoms with E-state index in [0.717, 1.165) is 25.9 Å². The molecule has 18 heavy (non-hydrogen) atoms. The SMILES string of the molecule is NCc1cn(CC(=O)NCCC2CCCO2)nn1. The minimum absolute atomic E-state index is 0.0681. The molecule has 1 saturated heterocycles. The molecule has 0 spiro atoms. The van der Waals surface area contributed by atoms with Crippen LogP contribution < -0.4 is 11.1 Å². The molecular formula is C11H19N5O2. The van der Waals surface area contributed by atoms with Crippen LogP contribution in [0.3, 0.4) is 0 Å². The van der Waals surface area contributed by atoms with Gasteiger partial charge in [0.2, 0.25) is 5.91 Å². The number of rotatable bonds is 6. The van der Waals surface area contributed by atoms with Crippen LogP contribution in [0.25, 0.3) is 0 Å². The van der Waals surface area contributed by atoms with Crippen LogP contribution in [-0.2, 0) is 22.6 Å². The van der Waals surface area contributed by atoms with Crippen LogP contribution in [0.5, 0.6) is 0 Å². The highest BCUT2D eigenvalue weighted by molar-refractivity contribution is 5.75. The van der Waals surface area contributed by atoms with Gasteiger partial charge >= 0.3 is 0 Å². The Bertz CT molecular complexity index is 387. The highest BCUT2D eigenvalue weighted by Gasteiger charge is 2.15. The monoisotopic (exact) mass is 253 g/mol. The first kappa shape index (κ1) is 13.0. The van der Waals surface area contributed by atoms with Crippen molar-refractivity contribution in [1.82, 2.24) is 20.3 Å². The summed E-state index contributed by atoms with van der Waals surface area (Å²) in [6, 6.07) is 0. The lowest BCUT2D eigenvalue weighted by atomic mass is 10.2. The predicted octanol–water partition coefficient (Wildman–Crippen LogP) is -0.578. The molecule has 1 aromatic rings. The molecule has 1 unspecified atom stereocenters. The Morgan fingerprint density at radius 1 is 1.67 bits per heavy atom. The molecule has 1 aliphatic heterocycles. The second kappa shape index (κ2) is 6.46. The quantitative estimate of drug-likeness (QED) is 0.707. The van der Waals surface area contributed by atoms with E-state index in [1.807, 2.05) is 0 Å². The number of nitrogens with two attached hydrogens (primary N) is 1. The van der Waals surface area contributed by atoms with Gasteiger partial charge in [-0.25, -0.2) is 4.68 Å². The van der Waals surface area contributed by atoms with Gasteiger partial charge < -0.3 is 15.8 Å². The van der Waals surface area contributed by atoms with Crippen molar-refractivity contribution in [2.24, 2.45) is 5.73 Å². The molecule has 100 valence electrons. The van der Waals surface area contributed by atoms with E-state index in [9.17, 15) is 4.79 Å². The smallest absolute Gasteiger partial charge is 0.241 e. The van der Waals surface area contributed by atoms with Crippen LogP contribution >= 0.6 is 0 Å². The minimum atomic E-state index is -0.0681. The molecule has 1 aromatic heterocycles. The van der Waals surface area contributed by atoms with Gasteiger partial charge in [-0.1, -0.05) is 5.21 Å². The zero-order valence-corrected chi connectivity index (χ0v) is 10.3. The summed E-state index contributed by atoms with van der Waals surface area (Å²) in [6.45, 7) is 2.00. The summed E-state index contributed by atoms with van der Waals surface area (Å²) in [5, 5.41) is 10.5. The maximum Gasteiger partial charge on any atom is 0.241 e. The summed E-state index contributed by atoms with van der Waals surface area (Å²) in [6.07, 6.45) is 5.08. The molecule has 0 bridgehead atoms. The highest BCUT2D eigenvalue weighted by atomic mass is 16.5. The van der Waals surface area contributed by atoms with E-state index in [1.165, 1.54) is 4.68 Å². The van der Waals surface area contributed by atoms with Crippen molar-refractivity contribution in [1.29, 1.82) is 0 Å². The Morgan fingerprint density at radius 2 is 2.56 bits per heavy atom. The Kier molecular flexibility index (Phi) is 4.66. The van der Waals surface area contributed by atoms with E-state index >= 15 is 0 Å². The Hall–Kier alpha value is -1.47. The molecule has 0 aliphatic carbocycles. The molecule has 2 rings (SSSR count). The third-order valence-electron chi connectivity index (χ3n) is 2.91. The van der Waals surface area contributed by atoms with Gasteiger partial charge in [0.15, 0.2) is 0 Å². The first-order chi connectivity index (χ1) is 8.78. The number of ether oxygens (including phenoxy) is 1. The zero-order chi connectivity index (χ0) is 12.8. The maximum absolute atomic E-state index is 11.6. The fourth-order valence-corrected chi connectivity index (χ4v) is 1.96. The number of hydrogen-bond acceptors (Lipinski definition) is 5. The van der Waals surface area contributed by atoms with E-state index in [4.69, 9.17) is 10.5 Å². The normalized spacial score (nSPS) is 19.1. The highest BCUT2D eigenvalue weighted by Crippen LogP contribution is 2.14. The van der Waals surface area contributed by atoms with Crippen LogP contribution in [0, 0.1) is 0 Å². The molecule has 1 amide bonds. The number of nitrogens with one attached hydrogen (secondary N) is 1. The number of amides is 1. The summed E-state index contributed by atoms with van der Waals surface area (Å²) < 4.78 is 6.97. The van der Waals surface area contributed by atoms with E-state index < -0.39 is 0 Å². The van der Waals surface area contributed by atoms with E-state index in [2.05, 4.69) is 15.6 Å². The lowest BCUT2D eigenvalue weighted by Gasteiger charge is -2.09. The van der Waals surface area contributed by atoms with E-state index in [0.29, 0.717) is 24.9 Å². The Balaban J connectivity index is 1.65. The van der Waals surface area contributed by atoms with Gasteiger partial charge in [-0.05, 0) is 19.3 Å². The standard InChI is InChI=1S/C11H19N5O2/c12-6-9-7-16(15-14-9)8-11(17)13-4-3-10-2-1-5-18-10/h7,10H,1-6,8,12H2,(H,13,17). The van der Waals surface area contributed by atoms with Crippen LogP contribution in [0.4, 0.5) is 0 Å². The summed E-state index contributed by atoms with van der Waals surface area (Å²) >= 11 is 0. The molecular weight excluding hydrogens is 234 g/mol. The molecule has 1 atom stereocenters. The van der Waals surface area contributed by atoms with Gasteiger partial charge in [0, 0.05) is 19.7 Å². The average Bonchev–Trinajstić information content (AvgIpc) is 3.00. The van der Waals surface area contributed by atoms with Crippen LogP contribution in [0.15, 0.2) is 6.20 Å². The third-order valence-corrected chi connectivity index (χ3v) is 2.91. The van der Waals surface area contributed by atoms with Crippen LogP contribution in [0.2, 0.25) is 0 Å². The molecule has 0 aromatic carbocycles. The van der Waals surface area contributed by atoms with Crippen molar-refractivity contribution in [3.63, 3.8) is 0 Å². The summed E-state index contributed by atoms with van der Waals surface area (Å²) in [5.74, 6) is -0.0681. The number of carbonyl (C=O) groups excluding carboxylic acids is 1. The predicted molar refractivity (Wildman–Crippen MR) is 64.5 cm³/mol. The molecule has 1 aliphatic rings. The van der Waals surface area contributed by atoms with Crippen LogP contribution in [0.1, 0.15) is 25.0 Å². The van der Waals surface area contributed by atoms with Crippen molar-refractivity contribution < 1.29 is 9.53 Å². The second-order valence-electron chi connectivity index (χ2n) is 4.39. The summed E-state index contributed by atoms with van der Waals surface area (Å²) in [7, 11) is 0. The van der Waals surface area contributed by atoms with Crippen LogP contribution in [-0.4, -0.2) is 40.2 Å². The van der Waals surface area contributed by atoms with E-state index in [-0.39, 0.29) is 12.5 Å². The molecule has 3 N–H and O–H groups in total. The molecule has 2 heterocycles. The van der Waals surface area contributed by atoms with Gasteiger partial charge in [0.25, 0.3) is 0 Å². The fourth-order valence-electron chi connectivity index (χ4n) is 1.96. The summed E-state index contributed by atoms with van der Waals surface area (Å²) in [5.41, 5.74) is 6.10. The fraction of sp³-hybridized carbons (Fsp3) is 0.727. The van der Waals surface area contributed by atoms with Gasteiger partial charge in [-0.3, -0.25) is 4.79 Å². The first-order valence-corrected chi connectivity index (χ1v) is 6.25. The number of carbonyl (C=O) groups is 1. The number of hydrogen-bond donors (Lipinski definition) is 2. The van der Waals surface area contributed by atoms with Crippen molar-refractivity contribution in [3.8, 4) is 0 Å². The van der Waals surface area contributed by atoms with Crippen molar-refractivity contribution in [2.45, 2.75) is 38.5 Å². The largest absolute Gasteiger partial charge is 0.378 e. The topological polar surface area (TPSA) is 95.1 Å². The first-order valence-electron chi connectivity index (χ1n) is 6.25. The molecule has 7 nitrogen and oxygen atoms in total. The number of aromatic nitrogens is 3. The lowest BCUT2D eigenvalue weighted by molar-refractivity contribution is -0.121.